The minimum Gasteiger partial charge on any atom is -0.289 e. The lowest BCUT2D eigenvalue weighted by Gasteiger charge is -2.09. The molecule has 2 N–H and O–H groups in total. The Labute approximate surface area is 155 Å². The predicted octanol–water partition coefficient (Wildman–Crippen LogP) is 3.68. The maximum absolute atomic E-state index is 13.0. The highest BCUT2D eigenvalue weighted by atomic mass is 19.1. The number of hydroxylamine groups is 1. The minimum absolute atomic E-state index is 0.0289. The summed E-state index contributed by atoms with van der Waals surface area (Å²) in [7, 11) is 0. The highest BCUT2D eigenvalue weighted by Gasteiger charge is 2.67. The van der Waals surface area contributed by atoms with Gasteiger partial charge in [0.1, 0.15) is 0 Å². The Morgan fingerprint density at radius 2 is 1.56 bits per heavy atom. The normalized spacial score (nSPS) is 23.7. The molecule has 2 aromatic carbocycles. The molecule has 0 radical (unpaired) electrons. The van der Waals surface area contributed by atoms with E-state index in [4.69, 9.17) is 0 Å². The van der Waals surface area contributed by atoms with E-state index in [1.807, 2.05) is 67.0 Å². The van der Waals surface area contributed by atoms with Crippen molar-refractivity contribution in [1.29, 1.82) is 0 Å². The van der Waals surface area contributed by atoms with E-state index in [0.717, 1.165) is 29.1 Å². The lowest BCUT2D eigenvalue weighted by molar-refractivity contribution is -0.134. The maximum atomic E-state index is 13.0. The topological polar surface area (TPSA) is 75.1 Å². The van der Waals surface area contributed by atoms with Gasteiger partial charge in [0.15, 0.2) is 11.6 Å². The third-order valence-corrected chi connectivity index (χ3v) is 5.41. The van der Waals surface area contributed by atoms with Crippen molar-refractivity contribution in [3.8, 4) is 11.4 Å². The number of carbonyl (C=O) groups is 1. The van der Waals surface area contributed by atoms with Crippen molar-refractivity contribution in [2.24, 2.45) is 5.41 Å². The van der Waals surface area contributed by atoms with E-state index in [2.05, 4.69) is 9.97 Å². The van der Waals surface area contributed by atoms with Gasteiger partial charge in [0.2, 0.25) is 0 Å². The SMILES string of the molecule is CC1(C(=O)NO)C(c2ccccc2)C1c1ccc(-c2ncc(F)cn2)cc1. The molecule has 1 aromatic heterocycles. The molecule has 4 rings (SSSR count). The molecule has 5 nitrogen and oxygen atoms in total. The van der Waals surface area contributed by atoms with Gasteiger partial charge < -0.3 is 0 Å². The van der Waals surface area contributed by atoms with Gasteiger partial charge >= 0.3 is 0 Å². The first-order valence-electron chi connectivity index (χ1n) is 8.63. The zero-order valence-electron chi connectivity index (χ0n) is 14.6. The van der Waals surface area contributed by atoms with E-state index in [1.54, 1.807) is 0 Å². The molecule has 3 aromatic rings. The summed E-state index contributed by atoms with van der Waals surface area (Å²) in [6.07, 6.45) is 2.26. The van der Waals surface area contributed by atoms with Crippen LogP contribution in [0.25, 0.3) is 11.4 Å². The van der Waals surface area contributed by atoms with Crippen molar-refractivity contribution < 1.29 is 14.4 Å². The van der Waals surface area contributed by atoms with Crippen molar-refractivity contribution in [3.05, 3.63) is 83.9 Å². The first-order valence-corrected chi connectivity index (χ1v) is 8.63. The fourth-order valence-corrected chi connectivity index (χ4v) is 3.95. The van der Waals surface area contributed by atoms with Crippen molar-refractivity contribution in [2.45, 2.75) is 18.8 Å². The lowest BCUT2D eigenvalue weighted by Crippen LogP contribution is -2.29. The molecule has 6 heteroatoms. The van der Waals surface area contributed by atoms with Crippen molar-refractivity contribution in [2.75, 3.05) is 0 Å². The lowest BCUT2D eigenvalue weighted by atomic mass is 9.99. The van der Waals surface area contributed by atoms with Gasteiger partial charge in [-0.05, 0) is 18.1 Å². The third kappa shape index (κ3) is 2.88. The van der Waals surface area contributed by atoms with Crippen LogP contribution in [-0.4, -0.2) is 21.1 Å². The Bertz CT molecular complexity index is 961. The van der Waals surface area contributed by atoms with E-state index in [9.17, 15) is 14.4 Å². The molecule has 0 spiro atoms. The average Bonchev–Trinajstić information content (AvgIpc) is 3.35. The van der Waals surface area contributed by atoms with Crippen LogP contribution in [0.15, 0.2) is 67.0 Å². The molecule has 3 atom stereocenters. The number of rotatable bonds is 4. The van der Waals surface area contributed by atoms with Gasteiger partial charge in [0, 0.05) is 17.4 Å². The summed E-state index contributed by atoms with van der Waals surface area (Å²) in [4.78, 5) is 20.3. The van der Waals surface area contributed by atoms with E-state index in [1.165, 1.54) is 0 Å². The summed E-state index contributed by atoms with van der Waals surface area (Å²) in [5, 5.41) is 9.21. The number of halogens is 1. The molecule has 1 heterocycles. The first-order chi connectivity index (χ1) is 13.1. The van der Waals surface area contributed by atoms with Gasteiger partial charge in [-0.15, -0.1) is 0 Å². The molecule has 1 fully saturated rings. The predicted molar refractivity (Wildman–Crippen MR) is 97.4 cm³/mol. The van der Waals surface area contributed by atoms with Crippen LogP contribution in [0.2, 0.25) is 0 Å². The molecule has 0 aliphatic heterocycles. The molecule has 136 valence electrons. The van der Waals surface area contributed by atoms with Gasteiger partial charge in [-0.3, -0.25) is 10.0 Å². The summed E-state index contributed by atoms with van der Waals surface area (Å²) in [6.45, 7) is 1.86. The van der Waals surface area contributed by atoms with Crippen LogP contribution in [0.1, 0.15) is 29.9 Å². The van der Waals surface area contributed by atoms with Crippen molar-refractivity contribution in [1.82, 2.24) is 15.4 Å². The van der Waals surface area contributed by atoms with Crippen LogP contribution in [0.4, 0.5) is 4.39 Å². The highest BCUT2D eigenvalue weighted by Crippen LogP contribution is 2.70. The first kappa shape index (κ1) is 17.3. The van der Waals surface area contributed by atoms with Crippen LogP contribution in [-0.2, 0) is 4.79 Å². The molecule has 3 unspecified atom stereocenters. The van der Waals surface area contributed by atoms with E-state index in [0.29, 0.717) is 5.82 Å². The third-order valence-electron chi connectivity index (χ3n) is 5.41. The van der Waals surface area contributed by atoms with Crippen molar-refractivity contribution in [3.63, 3.8) is 0 Å². The number of carbonyl (C=O) groups excluding carboxylic acids is 1. The van der Waals surface area contributed by atoms with Gasteiger partial charge in [0.25, 0.3) is 5.91 Å². The largest absolute Gasteiger partial charge is 0.289 e. The average molecular weight is 363 g/mol. The fourth-order valence-electron chi connectivity index (χ4n) is 3.95. The highest BCUT2D eigenvalue weighted by molar-refractivity contribution is 5.88. The second-order valence-electron chi connectivity index (χ2n) is 6.94. The molecule has 27 heavy (non-hydrogen) atoms. The second-order valence-corrected chi connectivity index (χ2v) is 6.94. The Morgan fingerprint density at radius 1 is 1.00 bits per heavy atom. The summed E-state index contributed by atoms with van der Waals surface area (Å²) in [5.41, 5.74) is 3.89. The van der Waals surface area contributed by atoms with Gasteiger partial charge in [-0.1, -0.05) is 54.6 Å². The Kier molecular flexibility index (Phi) is 4.20. The molecular formula is C21H18FN3O2. The zero-order chi connectivity index (χ0) is 19.0. The van der Waals surface area contributed by atoms with Crippen LogP contribution in [0.5, 0.6) is 0 Å². The van der Waals surface area contributed by atoms with Crippen LogP contribution < -0.4 is 5.48 Å². The van der Waals surface area contributed by atoms with Gasteiger partial charge in [0.05, 0.1) is 17.8 Å². The number of benzene rings is 2. The Balaban J connectivity index is 1.67. The van der Waals surface area contributed by atoms with Crippen LogP contribution >= 0.6 is 0 Å². The molecular weight excluding hydrogens is 345 g/mol. The number of hydrogen-bond donors (Lipinski definition) is 2. The molecule has 1 aliphatic carbocycles. The smallest absolute Gasteiger partial charge is 0.250 e. The molecule has 1 saturated carbocycles. The van der Waals surface area contributed by atoms with E-state index < -0.39 is 17.1 Å². The molecule has 0 saturated heterocycles. The summed E-state index contributed by atoms with van der Waals surface area (Å²) in [5.74, 6) is -0.527. The zero-order valence-corrected chi connectivity index (χ0v) is 14.6. The molecule has 1 aliphatic rings. The number of nitrogens with one attached hydrogen (secondary N) is 1. The van der Waals surface area contributed by atoms with Crippen LogP contribution in [0, 0.1) is 11.2 Å². The number of nitrogens with zero attached hydrogens (tertiary/aromatic N) is 2. The fraction of sp³-hybridized carbons (Fsp3) is 0.190. The monoisotopic (exact) mass is 363 g/mol. The molecule has 0 bridgehead atoms. The second kappa shape index (κ2) is 6.55. The molecule has 1 amide bonds. The minimum atomic E-state index is -0.732. The number of aromatic nitrogens is 2. The Hall–Kier alpha value is -3.12. The summed E-state index contributed by atoms with van der Waals surface area (Å²) in [6, 6.07) is 17.4. The van der Waals surface area contributed by atoms with E-state index in [-0.39, 0.29) is 11.8 Å². The van der Waals surface area contributed by atoms with E-state index >= 15 is 0 Å². The summed E-state index contributed by atoms with van der Waals surface area (Å²) >= 11 is 0. The quantitative estimate of drug-likeness (QED) is 0.548. The summed E-state index contributed by atoms with van der Waals surface area (Å²) < 4.78 is 13.0. The van der Waals surface area contributed by atoms with Gasteiger partial charge in [-0.25, -0.2) is 19.8 Å². The van der Waals surface area contributed by atoms with Crippen LogP contribution in [0.3, 0.4) is 0 Å². The van der Waals surface area contributed by atoms with Gasteiger partial charge in [-0.2, -0.15) is 0 Å². The standard InChI is InChI=1S/C21H18FN3O2/c1-21(20(26)25-27)17(13-5-3-2-4-6-13)18(21)14-7-9-15(10-8-14)19-23-11-16(22)12-24-19/h2-12,17-18,27H,1H3,(H,25,26). The number of amides is 1. The van der Waals surface area contributed by atoms with Crippen molar-refractivity contribution >= 4 is 5.91 Å². The Morgan fingerprint density at radius 3 is 2.11 bits per heavy atom. The maximum Gasteiger partial charge on any atom is 0.250 e. The number of hydrogen-bond acceptors (Lipinski definition) is 4.